The number of nitrogens with one attached hydrogen (secondary N) is 1. The molecule has 104 valence electrons. The van der Waals surface area contributed by atoms with Crippen molar-refractivity contribution in [3.8, 4) is 5.75 Å². The minimum Gasteiger partial charge on any atom is -0.484 e. The van der Waals surface area contributed by atoms with Crippen LogP contribution in [0, 0.1) is 5.92 Å². The van der Waals surface area contributed by atoms with Gasteiger partial charge in [0.25, 0.3) is 5.91 Å². The Balaban J connectivity index is 1.76. The number of rotatable bonds is 4. The maximum Gasteiger partial charge on any atom is 0.258 e. The first-order valence-electron chi connectivity index (χ1n) is 6.83. The van der Waals surface area contributed by atoms with Crippen molar-refractivity contribution < 1.29 is 9.53 Å². The number of amides is 1. The Kier molecular flexibility index (Phi) is 5.08. The molecule has 3 nitrogen and oxygen atoms in total. The Bertz CT molecular complexity index is 419. The van der Waals surface area contributed by atoms with E-state index < -0.39 is 0 Å². The zero-order valence-corrected chi connectivity index (χ0v) is 12.0. The average Bonchev–Trinajstić information content (AvgIpc) is 2.41. The zero-order chi connectivity index (χ0) is 13.7. The van der Waals surface area contributed by atoms with Crippen molar-refractivity contribution in [2.45, 2.75) is 38.6 Å². The van der Waals surface area contributed by atoms with Crippen molar-refractivity contribution in [3.05, 3.63) is 29.3 Å². The van der Waals surface area contributed by atoms with Crippen LogP contribution in [0.4, 0.5) is 0 Å². The van der Waals surface area contributed by atoms with Gasteiger partial charge >= 0.3 is 0 Å². The van der Waals surface area contributed by atoms with Crippen LogP contribution in [0.5, 0.6) is 5.75 Å². The molecule has 2 atom stereocenters. The van der Waals surface area contributed by atoms with Crippen LogP contribution in [0.15, 0.2) is 24.3 Å². The summed E-state index contributed by atoms with van der Waals surface area (Å²) < 4.78 is 5.43. The van der Waals surface area contributed by atoms with Crippen LogP contribution in [0.1, 0.15) is 32.6 Å². The Morgan fingerprint density at radius 3 is 2.68 bits per heavy atom. The maximum atomic E-state index is 11.8. The third-order valence-electron chi connectivity index (χ3n) is 3.64. The van der Waals surface area contributed by atoms with Gasteiger partial charge in [0.05, 0.1) is 0 Å². The summed E-state index contributed by atoms with van der Waals surface area (Å²) >= 11 is 5.78. The van der Waals surface area contributed by atoms with Crippen LogP contribution in [0.3, 0.4) is 0 Å². The molecule has 1 N–H and O–H groups in total. The summed E-state index contributed by atoms with van der Waals surface area (Å²) in [4.78, 5) is 11.8. The number of carbonyl (C=O) groups is 1. The summed E-state index contributed by atoms with van der Waals surface area (Å²) in [6.07, 6.45) is 4.75. The predicted octanol–water partition coefficient (Wildman–Crippen LogP) is 3.41. The number of carbonyl (C=O) groups excluding carboxylic acids is 1. The fourth-order valence-electron chi connectivity index (χ4n) is 2.46. The van der Waals surface area contributed by atoms with Gasteiger partial charge in [-0.15, -0.1) is 0 Å². The summed E-state index contributed by atoms with van der Waals surface area (Å²) in [7, 11) is 0. The van der Waals surface area contributed by atoms with Crippen LogP contribution in [0.25, 0.3) is 0 Å². The number of ether oxygens (including phenoxy) is 1. The van der Waals surface area contributed by atoms with E-state index in [-0.39, 0.29) is 12.5 Å². The van der Waals surface area contributed by atoms with E-state index in [9.17, 15) is 4.79 Å². The van der Waals surface area contributed by atoms with Gasteiger partial charge in [-0.1, -0.05) is 31.4 Å². The van der Waals surface area contributed by atoms with Crippen LogP contribution in [-0.2, 0) is 4.79 Å². The zero-order valence-electron chi connectivity index (χ0n) is 11.2. The molecule has 0 spiro atoms. The Morgan fingerprint density at radius 2 is 2.00 bits per heavy atom. The highest BCUT2D eigenvalue weighted by Gasteiger charge is 2.22. The van der Waals surface area contributed by atoms with Crippen LogP contribution in [-0.4, -0.2) is 18.6 Å². The molecule has 0 aliphatic heterocycles. The first kappa shape index (κ1) is 14.2. The molecule has 1 amide bonds. The lowest BCUT2D eigenvalue weighted by atomic mass is 9.86. The fourth-order valence-corrected chi connectivity index (χ4v) is 2.58. The van der Waals surface area contributed by atoms with Crippen molar-refractivity contribution in [1.29, 1.82) is 0 Å². The fraction of sp³-hybridized carbons (Fsp3) is 0.533. The molecule has 0 saturated heterocycles. The van der Waals surface area contributed by atoms with Gasteiger partial charge in [0.1, 0.15) is 5.75 Å². The minimum absolute atomic E-state index is 0.0475. The van der Waals surface area contributed by atoms with E-state index in [0.29, 0.717) is 22.7 Å². The van der Waals surface area contributed by atoms with Crippen molar-refractivity contribution in [2.24, 2.45) is 5.92 Å². The summed E-state index contributed by atoms with van der Waals surface area (Å²) in [6.45, 7) is 2.26. The monoisotopic (exact) mass is 281 g/mol. The van der Waals surface area contributed by atoms with E-state index in [4.69, 9.17) is 16.3 Å². The molecule has 1 aromatic rings. The summed E-state index contributed by atoms with van der Waals surface area (Å²) in [6, 6.07) is 7.32. The molecule has 0 bridgehead atoms. The molecule has 1 fully saturated rings. The van der Waals surface area contributed by atoms with Crippen molar-refractivity contribution in [3.63, 3.8) is 0 Å². The molecule has 4 heteroatoms. The molecule has 0 radical (unpaired) electrons. The van der Waals surface area contributed by atoms with Gasteiger partial charge in [-0.25, -0.2) is 0 Å². The van der Waals surface area contributed by atoms with Gasteiger partial charge in [0.15, 0.2) is 6.61 Å². The Morgan fingerprint density at radius 1 is 1.32 bits per heavy atom. The highest BCUT2D eigenvalue weighted by Crippen LogP contribution is 2.23. The van der Waals surface area contributed by atoms with Gasteiger partial charge in [-0.3, -0.25) is 4.79 Å². The van der Waals surface area contributed by atoms with E-state index in [2.05, 4.69) is 12.2 Å². The minimum atomic E-state index is -0.0475. The molecule has 0 unspecified atom stereocenters. The number of hydrogen-bond donors (Lipinski definition) is 1. The van der Waals surface area contributed by atoms with Crippen molar-refractivity contribution >= 4 is 17.5 Å². The lowest BCUT2D eigenvalue weighted by Crippen LogP contribution is -2.43. The molecule has 1 aliphatic carbocycles. The number of benzene rings is 1. The van der Waals surface area contributed by atoms with Crippen molar-refractivity contribution in [2.75, 3.05) is 6.61 Å². The van der Waals surface area contributed by atoms with Gasteiger partial charge < -0.3 is 10.1 Å². The second-order valence-electron chi connectivity index (χ2n) is 5.18. The normalized spacial score (nSPS) is 22.8. The molecule has 0 heterocycles. The first-order valence-corrected chi connectivity index (χ1v) is 7.20. The van der Waals surface area contributed by atoms with E-state index in [1.807, 2.05) is 0 Å². The number of halogens is 1. The third kappa shape index (κ3) is 4.43. The summed E-state index contributed by atoms with van der Waals surface area (Å²) in [5, 5.41) is 3.72. The predicted molar refractivity (Wildman–Crippen MR) is 76.5 cm³/mol. The lowest BCUT2D eigenvalue weighted by Gasteiger charge is -2.29. The smallest absolute Gasteiger partial charge is 0.258 e. The van der Waals surface area contributed by atoms with Crippen LogP contribution >= 0.6 is 11.6 Å². The molecular formula is C15H20ClNO2. The van der Waals surface area contributed by atoms with E-state index in [0.717, 1.165) is 6.42 Å². The molecule has 1 saturated carbocycles. The molecular weight excluding hydrogens is 262 g/mol. The average molecular weight is 282 g/mol. The standard InChI is InChI=1S/C15H20ClNO2/c1-11-4-2-3-5-14(11)17-15(18)10-19-13-8-6-12(16)7-9-13/h6-9,11,14H,2-5,10H2,1H3,(H,17,18)/t11-,14-/m0/s1. The molecule has 19 heavy (non-hydrogen) atoms. The first-order chi connectivity index (χ1) is 9.15. The largest absolute Gasteiger partial charge is 0.484 e. The second-order valence-corrected chi connectivity index (χ2v) is 5.61. The number of hydrogen-bond acceptors (Lipinski definition) is 2. The lowest BCUT2D eigenvalue weighted by molar-refractivity contribution is -0.124. The van der Waals surface area contributed by atoms with Gasteiger partial charge in [0.2, 0.25) is 0 Å². The Hall–Kier alpha value is -1.22. The third-order valence-corrected chi connectivity index (χ3v) is 3.89. The topological polar surface area (TPSA) is 38.3 Å². The van der Waals surface area contributed by atoms with Gasteiger partial charge in [-0.05, 0) is 43.0 Å². The highest BCUT2D eigenvalue weighted by molar-refractivity contribution is 6.30. The second kappa shape index (κ2) is 6.80. The van der Waals surface area contributed by atoms with E-state index in [1.54, 1.807) is 24.3 Å². The summed E-state index contributed by atoms with van der Waals surface area (Å²) in [5.74, 6) is 1.18. The maximum absolute atomic E-state index is 11.8. The van der Waals surface area contributed by atoms with E-state index in [1.165, 1.54) is 19.3 Å². The highest BCUT2D eigenvalue weighted by atomic mass is 35.5. The van der Waals surface area contributed by atoms with Crippen LogP contribution < -0.4 is 10.1 Å². The van der Waals surface area contributed by atoms with Gasteiger partial charge in [-0.2, -0.15) is 0 Å². The summed E-state index contributed by atoms with van der Waals surface area (Å²) in [5.41, 5.74) is 0. The van der Waals surface area contributed by atoms with Gasteiger partial charge in [0, 0.05) is 11.1 Å². The van der Waals surface area contributed by atoms with E-state index >= 15 is 0 Å². The Labute approximate surface area is 119 Å². The quantitative estimate of drug-likeness (QED) is 0.918. The molecule has 1 aromatic carbocycles. The molecule has 1 aliphatic rings. The SMILES string of the molecule is C[C@H]1CCCC[C@@H]1NC(=O)COc1ccc(Cl)cc1. The van der Waals surface area contributed by atoms with Crippen molar-refractivity contribution in [1.82, 2.24) is 5.32 Å². The molecule has 2 rings (SSSR count). The molecule has 0 aromatic heterocycles. The van der Waals surface area contributed by atoms with Crippen LogP contribution in [0.2, 0.25) is 5.02 Å².